The van der Waals surface area contributed by atoms with E-state index in [0.29, 0.717) is 0 Å². The van der Waals surface area contributed by atoms with Crippen molar-refractivity contribution in [2.45, 2.75) is 23.1 Å². The molecule has 2 atom stereocenters. The number of thiol groups is 1. The van der Waals surface area contributed by atoms with Crippen LogP contribution in [0.15, 0.2) is 35.5 Å². The van der Waals surface area contributed by atoms with E-state index in [-0.39, 0.29) is 11.3 Å². The number of alkyl halides is 3. The Morgan fingerprint density at radius 1 is 1.28 bits per heavy atom. The normalized spacial score (nSPS) is 21.0. The molecule has 1 aliphatic carbocycles. The maximum atomic E-state index is 14.2. The molecule has 0 saturated carbocycles. The third-order valence-electron chi connectivity index (χ3n) is 3.72. The first-order chi connectivity index (χ1) is 11.8. The lowest BCUT2D eigenvalue weighted by atomic mass is 10.1. The molecule has 0 unspecified atom stereocenters. The number of nitriles is 1. The number of nitrogens with zero attached hydrogens (tertiary/aromatic N) is 2. The number of halogens is 3. The molecule has 1 aromatic carbocycles. The molecule has 130 valence electrons. The average molecular weight is 370 g/mol. The molecule has 0 saturated heterocycles. The van der Waals surface area contributed by atoms with Crippen molar-refractivity contribution in [1.82, 2.24) is 4.98 Å². The van der Waals surface area contributed by atoms with Gasteiger partial charge in [0.05, 0.1) is 16.7 Å². The van der Waals surface area contributed by atoms with Crippen LogP contribution in [0.4, 0.5) is 13.2 Å². The fourth-order valence-corrected chi connectivity index (χ4v) is 3.22. The molecule has 10 heteroatoms. The maximum absolute atomic E-state index is 14.2. The van der Waals surface area contributed by atoms with Crippen LogP contribution in [0.2, 0.25) is 0 Å². The highest BCUT2D eigenvalue weighted by molar-refractivity contribution is 7.72. The minimum Gasteiger partial charge on any atom is -0.455 e. The van der Waals surface area contributed by atoms with Gasteiger partial charge in [-0.2, -0.15) is 14.0 Å². The number of ether oxygens (including phenoxy) is 1. The summed E-state index contributed by atoms with van der Waals surface area (Å²) in [7, 11) is -3.34. The Labute approximate surface area is 141 Å². The smallest absolute Gasteiger partial charge is 0.312 e. The van der Waals surface area contributed by atoms with Gasteiger partial charge in [-0.25, -0.2) is 12.8 Å². The van der Waals surface area contributed by atoms with Crippen LogP contribution in [0.3, 0.4) is 0 Å². The average Bonchev–Trinajstić information content (AvgIpc) is 2.76. The standard InChI is InChI=1S/C15H9F3N2O4S/c16-13-11-9(24-8-3-7(4-19)5-20-6-8)1-2-10(25(22)23)12(11)14(21)15(13,17)18/h1-3,5-6,13-14,21,25H/t13-,14+/m1/s1. The molecule has 0 bridgehead atoms. The molecule has 0 fully saturated rings. The van der Waals surface area contributed by atoms with Crippen molar-refractivity contribution in [2.24, 2.45) is 0 Å². The fourth-order valence-electron chi connectivity index (χ4n) is 2.59. The highest BCUT2D eigenvalue weighted by Crippen LogP contribution is 2.56. The Bertz CT molecular complexity index is 964. The highest BCUT2D eigenvalue weighted by atomic mass is 32.2. The van der Waals surface area contributed by atoms with Crippen LogP contribution in [0.1, 0.15) is 29.0 Å². The van der Waals surface area contributed by atoms with Crippen LogP contribution in [-0.2, 0) is 10.7 Å². The van der Waals surface area contributed by atoms with Crippen LogP contribution in [0.5, 0.6) is 11.5 Å². The summed E-state index contributed by atoms with van der Waals surface area (Å²) in [5.74, 6) is -4.62. The Kier molecular flexibility index (Phi) is 4.14. The van der Waals surface area contributed by atoms with E-state index in [1.807, 2.05) is 0 Å². The molecule has 0 radical (unpaired) electrons. The summed E-state index contributed by atoms with van der Waals surface area (Å²) in [6, 6.07) is 5.01. The third-order valence-corrected chi connectivity index (χ3v) is 4.50. The minimum absolute atomic E-state index is 0.0302. The zero-order valence-corrected chi connectivity index (χ0v) is 13.1. The quantitative estimate of drug-likeness (QED) is 0.805. The van der Waals surface area contributed by atoms with Gasteiger partial charge in [-0.1, -0.05) is 0 Å². The molecular weight excluding hydrogens is 361 g/mol. The van der Waals surface area contributed by atoms with Crippen molar-refractivity contribution >= 4 is 10.7 Å². The largest absolute Gasteiger partial charge is 0.455 e. The molecule has 1 heterocycles. The number of rotatable bonds is 3. The number of benzene rings is 1. The number of pyridine rings is 1. The second kappa shape index (κ2) is 6.02. The lowest BCUT2D eigenvalue weighted by Crippen LogP contribution is -2.24. The van der Waals surface area contributed by atoms with E-state index in [2.05, 4.69) is 4.98 Å². The summed E-state index contributed by atoms with van der Waals surface area (Å²) in [6.07, 6.45) is -3.16. The first-order valence-electron chi connectivity index (χ1n) is 6.81. The summed E-state index contributed by atoms with van der Waals surface area (Å²) in [5, 5.41) is 18.5. The Morgan fingerprint density at radius 3 is 2.64 bits per heavy atom. The summed E-state index contributed by atoms with van der Waals surface area (Å²) >= 11 is 0. The summed E-state index contributed by atoms with van der Waals surface area (Å²) < 4.78 is 69.8. The van der Waals surface area contributed by atoms with E-state index in [9.17, 15) is 26.7 Å². The van der Waals surface area contributed by atoms with Gasteiger partial charge < -0.3 is 9.84 Å². The SMILES string of the molecule is N#Cc1cncc(Oc2ccc([SH](=O)=O)c3c2[C@@H](F)C(F)(F)[C@H]3O)c1. The van der Waals surface area contributed by atoms with Crippen LogP contribution >= 0.6 is 0 Å². The van der Waals surface area contributed by atoms with Crippen molar-refractivity contribution in [1.29, 1.82) is 5.26 Å². The van der Waals surface area contributed by atoms with Gasteiger partial charge in [0.25, 0.3) is 0 Å². The second-order valence-corrected chi connectivity index (χ2v) is 6.23. The Morgan fingerprint density at radius 2 is 2.00 bits per heavy atom. The van der Waals surface area contributed by atoms with Crippen LogP contribution in [0, 0.1) is 11.3 Å². The lowest BCUT2D eigenvalue weighted by Gasteiger charge is -2.16. The van der Waals surface area contributed by atoms with E-state index in [1.165, 1.54) is 18.5 Å². The van der Waals surface area contributed by atoms with Crippen LogP contribution in [0.25, 0.3) is 0 Å². The van der Waals surface area contributed by atoms with Crippen molar-refractivity contribution in [3.05, 3.63) is 47.3 Å². The number of aromatic nitrogens is 1. The molecule has 1 aliphatic rings. The molecule has 0 amide bonds. The monoisotopic (exact) mass is 370 g/mol. The van der Waals surface area contributed by atoms with Crippen LogP contribution in [-0.4, -0.2) is 24.4 Å². The maximum Gasteiger partial charge on any atom is 0.312 e. The van der Waals surface area contributed by atoms with E-state index in [4.69, 9.17) is 10.00 Å². The number of hydrogen-bond donors (Lipinski definition) is 2. The van der Waals surface area contributed by atoms with Crippen molar-refractivity contribution in [2.75, 3.05) is 0 Å². The van der Waals surface area contributed by atoms with Gasteiger partial charge in [0, 0.05) is 23.4 Å². The third kappa shape index (κ3) is 2.71. The molecule has 3 rings (SSSR count). The van der Waals surface area contributed by atoms with Crippen molar-refractivity contribution in [3.8, 4) is 17.6 Å². The van der Waals surface area contributed by atoms with Crippen LogP contribution < -0.4 is 4.74 Å². The first kappa shape index (κ1) is 17.2. The van der Waals surface area contributed by atoms with Gasteiger partial charge in [-0.3, -0.25) is 4.98 Å². The molecule has 1 aromatic heterocycles. The molecular formula is C15H9F3N2O4S. The predicted molar refractivity (Wildman–Crippen MR) is 77.8 cm³/mol. The highest BCUT2D eigenvalue weighted by Gasteiger charge is 2.58. The van der Waals surface area contributed by atoms with Gasteiger partial charge in [0.2, 0.25) is 0 Å². The van der Waals surface area contributed by atoms with Crippen molar-refractivity contribution in [3.63, 3.8) is 0 Å². The summed E-state index contributed by atoms with van der Waals surface area (Å²) in [6.45, 7) is 0. The minimum atomic E-state index is -4.20. The van der Waals surface area contributed by atoms with E-state index in [0.717, 1.165) is 12.1 Å². The lowest BCUT2D eigenvalue weighted by molar-refractivity contribution is -0.143. The van der Waals surface area contributed by atoms with Gasteiger partial charge in [0.15, 0.2) is 16.9 Å². The number of aliphatic hydroxyl groups excluding tert-OH is 1. The number of hydrogen-bond acceptors (Lipinski definition) is 6. The van der Waals surface area contributed by atoms with E-state index in [1.54, 1.807) is 6.07 Å². The summed E-state index contributed by atoms with van der Waals surface area (Å²) in [4.78, 5) is 3.11. The molecule has 25 heavy (non-hydrogen) atoms. The van der Waals surface area contributed by atoms with Crippen molar-refractivity contribution < 1.29 is 31.4 Å². The van der Waals surface area contributed by atoms with E-state index >= 15 is 0 Å². The number of aliphatic hydroxyl groups is 1. The number of fused-ring (bicyclic) bond motifs is 1. The zero-order chi connectivity index (χ0) is 18.4. The second-order valence-electron chi connectivity index (χ2n) is 5.23. The molecule has 1 N–H and O–H groups in total. The Hall–Kier alpha value is -2.64. The topological polar surface area (TPSA) is 100 Å². The fraction of sp³-hybridized carbons (Fsp3) is 0.200. The van der Waals surface area contributed by atoms with Gasteiger partial charge in [-0.15, -0.1) is 0 Å². The first-order valence-corrected chi connectivity index (χ1v) is 7.99. The van der Waals surface area contributed by atoms with E-state index < -0.39 is 50.7 Å². The molecule has 2 aromatic rings. The molecule has 0 aliphatic heterocycles. The summed E-state index contributed by atoms with van der Waals surface area (Å²) in [5.41, 5.74) is -1.34. The zero-order valence-electron chi connectivity index (χ0n) is 12.2. The molecule has 6 nitrogen and oxygen atoms in total. The van der Waals surface area contributed by atoms with Gasteiger partial charge in [0.1, 0.15) is 23.7 Å². The Balaban J connectivity index is 2.16. The van der Waals surface area contributed by atoms with Gasteiger partial charge >= 0.3 is 5.92 Å². The predicted octanol–water partition coefficient (Wildman–Crippen LogP) is 2.41. The molecule has 0 spiro atoms. The van der Waals surface area contributed by atoms with Gasteiger partial charge in [-0.05, 0) is 12.1 Å².